The van der Waals surface area contributed by atoms with Crippen molar-refractivity contribution in [3.63, 3.8) is 0 Å². The Kier molecular flexibility index (Phi) is 7.43. The molecule has 290 valence electrons. The second kappa shape index (κ2) is 13.5. The SMILES string of the molecule is c1ccc(-c2nc(-c3ccccc3)nc(-c3cccc4oc5ccc(-c6ccc7c(c6)nc6n(-c8ccccc8)c8c9ccccc9n(-c9ccccc9)c8n76)cc5c34)n2)cc1. The van der Waals surface area contributed by atoms with Crippen molar-refractivity contribution >= 4 is 60.8 Å². The monoisotopic (exact) mass is 795 g/mol. The zero-order chi connectivity index (χ0) is 40.7. The molecule has 0 saturated carbocycles. The molecule has 0 spiro atoms. The van der Waals surface area contributed by atoms with E-state index in [2.05, 4.69) is 141 Å². The fourth-order valence-electron chi connectivity index (χ4n) is 9.12. The summed E-state index contributed by atoms with van der Waals surface area (Å²) < 4.78 is 13.5. The van der Waals surface area contributed by atoms with E-state index in [-0.39, 0.29) is 0 Å². The van der Waals surface area contributed by atoms with Crippen molar-refractivity contribution in [1.29, 1.82) is 0 Å². The van der Waals surface area contributed by atoms with Crippen LogP contribution in [0, 0.1) is 0 Å². The molecule has 13 rings (SSSR count). The average Bonchev–Trinajstić information content (AvgIpc) is 4.08. The highest BCUT2D eigenvalue weighted by Crippen LogP contribution is 2.41. The largest absolute Gasteiger partial charge is 0.456 e. The maximum absolute atomic E-state index is 6.51. The summed E-state index contributed by atoms with van der Waals surface area (Å²) in [6.07, 6.45) is 0. The molecule has 0 radical (unpaired) electrons. The second-order valence-electron chi connectivity index (χ2n) is 15.5. The van der Waals surface area contributed by atoms with E-state index >= 15 is 0 Å². The number of imidazole rings is 2. The third kappa shape index (κ3) is 5.20. The fourth-order valence-corrected chi connectivity index (χ4v) is 9.12. The molecule has 0 fully saturated rings. The first-order chi connectivity index (χ1) is 30.7. The first-order valence-electron chi connectivity index (χ1n) is 20.6. The topological polar surface area (TPSA) is 79.0 Å². The van der Waals surface area contributed by atoms with Gasteiger partial charge in [-0.3, -0.25) is 13.5 Å². The summed E-state index contributed by atoms with van der Waals surface area (Å²) in [5.41, 5.74) is 13.8. The number of rotatable bonds is 6. The molecular formula is C54H33N7O. The Balaban J connectivity index is 1.01. The minimum atomic E-state index is 0.584. The molecule has 8 aromatic carbocycles. The summed E-state index contributed by atoms with van der Waals surface area (Å²) in [5, 5.41) is 3.10. The van der Waals surface area contributed by atoms with Crippen LogP contribution in [0.15, 0.2) is 205 Å². The summed E-state index contributed by atoms with van der Waals surface area (Å²) in [5.74, 6) is 2.66. The van der Waals surface area contributed by atoms with Gasteiger partial charge in [0.05, 0.1) is 16.6 Å². The molecule has 62 heavy (non-hydrogen) atoms. The summed E-state index contributed by atoms with van der Waals surface area (Å²) >= 11 is 0. The van der Waals surface area contributed by atoms with Crippen molar-refractivity contribution in [2.45, 2.75) is 0 Å². The van der Waals surface area contributed by atoms with Crippen LogP contribution in [0.2, 0.25) is 0 Å². The van der Waals surface area contributed by atoms with Gasteiger partial charge in [-0.15, -0.1) is 0 Å². The summed E-state index contributed by atoms with van der Waals surface area (Å²) in [7, 11) is 0. The second-order valence-corrected chi connectivity index (χ2v) is 15.5. The average molecular weight is 796 g/mol. The zero-order valence-electron chi connectivity index (χ0n) is 33.1. The van der Waals surface area contributed by atoms with Crippen LogP contribution in [0.3, 0.4) is 0 Å². The molecule has 0 saturated heterocycles. The summed E-state index contributed by atoms with van der Waals surface area (Å²) in [4.78, 5) is 20.5. The molecule has 0 unspecified atom stereocenters. The van der Waals surface area contributed by atoms with Crippen LogP contribution >= 0.6 is 0 Å². The van der Waals surface area contributed by atoms with E-state index in [9.17, 15) is 0 Å². The number of fused-ring (bicyclic) bond motifs is 10. The van der Waals surface area contributed by atoms with Crippen LogP contribution < -0.4 is 0 Å². The number of para-hydroxylation sites is 3. The van der Waals surface area contributed by atoms with Gasteiger partial charge >= 0.3 is 0 Å². The molecule has 13 aromatic rings. The number of hydrogen-bond donors (Lipinski definition) is 0. The molecule has 0 aliphatic carbocycles. The lowest BCUT2D eigenvalue weighted by Gasteiger charge is -2.09. The van der Waals surface area contributed by atoms with Crippen LogP contribution in [0.4, 0.5) is 0 Å². The van der Waals surface area contributed by atoms with E-state index in [0.29, 0.717) is 17.5 Å². The van der Waals surface area contributed by atoms with Crippen LogP contribution in [0.25, 0.3) is 117 Å². The molecule has 8 heteroatoms. The fraction of sp³-hybridized carbons (Fsp3) is 0. The van der Waals surface area contributed by atoms with E-state index in [1.807, 2.05) is 72.8 Å². The van der Waals surface area contributed by atoms with Crippen molar-refractivity contribution in [2.75, 3.05) is 0 Å². The zero-order valence-corrected chi connectivity index (χ0v) is 33.1. The standard InChI is InChI=1S/C54H33N7O/c1-5-16-34(17-6-1)50-56-51(35-18-7-2-8-19-35)58-52(57-50)41-25-15-27-47-48(41)42-32-36(29-31-46(42)62-47)37-28-30-45-43(33-37)55-54-60(39-22-11-4-12-23-39)49-40-24-13-14-26-44(40)59(53(49)61(45)54)38-20-9-3-10-21-38/h1-33H. The lowest BCUT2D eigenvalue weighted by molar-refractivity contribution is 0.669. The molecule has 0 N–H and O–H groups in total. The van der Waals surface area contributed by atoms with Crippen molar-refractivity contribution in [3.05, 3.63) is 200 Å². The van der Waals surface area contributed by atoms with E-state index in [4.69, 9.17) is 24.4 Å². The van der Waals surface area contributed by atoms with Crippen molar-refractivity contribution in [3.8, 4) is 56.7 Å². The highest BCUT2D eigenvalue weighted by Gasteiger charge is 2.25. The quantitative estimate of drug-likeness (QED) is 0.167. The molecule has 0 bridgehead atoms. The van der Waals surface area contributed by atoms with Crippen LogP contribution in [0.1, 0.15) is 0 Å². The van der Waals surface area contributed by atoms with Gasteiger partial charge in [-0.2, -0.15) is 0 Å². The van der Waals surface area contributed by atoms with Crippen LogP contribution in [-0.2, 0) is 0 Å². The van der Waals surface area contributed by atoms with Gasteiger partial charge in [0, 0.05) is 44.2 Å². The van der Waals surface area contributed by atoms with Gasteiger partial charge < -0.3 is 4.42 Å². The smallest absolute Gasteiger partial charge is 0.221 e. The lowest BCUT2D eigenvalue weighted by atomic mass is 10.00. The third-order valence-corrected chi connectivity index (χ3v) is 11.9. The van der Waals surface area contributed by atoms with Crippen LogP contribution in [0.5, 0.6) is 0 Å². The van der Waals surface area contributed by atoms with Gasteiger partial charge in [0.15, 0.2) is 23.1 Å². The molecule has 0 aliphatic heterocycles. The van der Waals surface area contributed by atoms with Crippen molar-refractivity contribution in [1.82, 2.24) is 33.5 Å². The Bertz CT molecular complexity index is 3790. The highest BCUT2D eigenvalue weighted by atomic mass is 16.3. The van der Waals surface area contributed by atoms with E-state index in [1.54, 1.807) is 0 Å². The summed E-state index contributed by atoms with van der Waals surface area (Å²) in [6.45, 7) is 0. The number of hydrogen-bond acceptors (Lipinski definition) is 5. The Morgan fingerprint density at radius 2 is 0.984 bits per heavy atom. The predicted octanol–water partition coefficient (Wildman–Crippen LogP) is 13.1. The molecule has 0 amide bonds. The Morgan fingerprint density at radius 3 is 1.69 bits per heavy atom. The Morgan fingerprint density at radius 1 is 0.387 bits per heavy atom. The normalized spacial score (nSPS) is 11.9. The highest BCUT2D eigenvalue weighted by molar-refractivity contribution is 6.13. The molecule has 8 nitrogen and oxygen atoms in total. The molecule has 0 aliphatic rings. The van der Waals surface area contributed by atoms with Gasteiger partial charge in [0.25, 0.3) is 0 Å². The van der Waals surface area contributed by atoms with Crippen molar-refractivity contribution in [2.24, 2.45) is 0 Å². The molecular weight excluding hydrogens is 763 g/mol. The number of nitrogens with zero attached hydrogens (tertiary/aromatic N) is 7. The van der Waals surface area contributed by atoms with Gasteiger partial charge in [0.1, 0.15) is 16.7 Å². The van der Waals surface area contributed by atoms with Gasteiger partial charge in [-0.25, -0.2) is 19.9 Å². The lowest BCUT2D eigenvalue weighted by Crippen LogP contribution is -2.00. The minimum absolute atomic E-state index is 0.584. The Labute approximate surface area is 354 Å². The van der Waals surface area contributed by atoms with Gasteiger partial charge in [-0.1, -0.05) is 140 Å². The van der Waals surface area contributed by atoms with Crippen molar-refractivity contribution < 1.29 is 4.42 Å². The number of aromatic nitrogens is 7. The number of benzene rings is 8. The van der Waals surface area contributed by atoms with Crippen LogP contribution in [-0.4, -0.2) is 33.5 Å². The predicted molar refractivity (Wildman–Crippen MR) is 249 cm³/mol. The first-order valence-corrected chi connectivity index (χ1v) is 20.6. The number of furan rings is 1. The van der Waals surface area contributed by atoms with Gasteiger partial charge in [-0.05, 0) is 71.8 Å². The molecule has 5 heterocycles. The maximum Gasteiger partial charge on any atom is 0.221 e. The Hall–Kier alpha value is -8.62. The summed E-state index contributed by atoms with van der Waals surface area (Å²) in [6, 6.07) is 69.0. The van der Waals surface area contributed by atoms with E-state index < -0.39 is 0 Å². The van der Waals surface area contributed by atoms with Gasteiger partial charge in [0.2, 0.25) is 5.78 Å². The van der Waals surface area contributed by atoms with E-state index in [0.717, 1.165) is 100 Å². The maximum atomic E-state index is 6.51. The molecule has 5 aromatic heterocycles. The third-order valence-electron chi connectivity index (χ3n) is 11.9. The first kappa shape index (κ1) is 34.3. The van der Waals surface area contributed by atoms with E-state index in [1.165, 1.54) is 0 Å². The molecule has 0 atom stereocenters. The minimum Gasteiger partial charge on any atom is -0.456 e.